The molecular formula is C30H22BrN3O5. The Hall–Kier alpha value is -4.94. The molecule has 0 saturated heterocycles. The van der Waals surface area contributed by atoms with Gasteiger partial charge in [-0.05, 0) is 87.2 Å². The number of nitriles is 1. The highest BCUT2D eigenvalue weighted by Gasteiger charge is 2.11. The predicted molar refractivity (Wildman–Crippen MR) is 151 cm³/mol. The molecule has 0 heterocycles. The lowest BCUT2D eigenvalue weighted by Gasteiger charge is -2.10. The number of hydrogen-bond donors (Lipinski definition) is 1. The number of nitrogens with zero attached hydrogens (tertiary/aromatic N) is 2. The zero-order valence-electron chi connectivity index (χ0n) is 20.5. The molecular weight excluding hydrogens is 562 g/mol. The van der Waals surface area contributed by atoms with E-state index in [1.807, 2.05) is 36.4 Å². The first kappa shape index (κ1) is 27.1. The third kappa shape index (κ3) is 7.77. The summed E-state index contributed by atoms with van der Waals surface area (Å²) in [7, 11) is 0. The van der Waals surface area contributed by atoms with Crippen molar-refractivity contribution in [1.82, 2.24) is 0 Å². The summed E-state index contributed by atoms with van der Waals surface area (Å²) in [5.74, 6) is 0.668. The van der Waals surface area contributed by atoms with Gasteiger partial charge >= 0.3 is 0 Å². The number of carbonyl (C=O) groups is 1. The van der Waals surface area contributed by atoms with Crippen LogP contribution in [-0.4, -0.2) is 10.8 Å². The number of halogens is 1. The van der Waals surface area contributed by atoms with Crippen LogP contribution in [0.15, 0.2) is 107 Å². The third-order valence-electron chi connectivity index (χ3n) is 5.53. The van der Waals surface area contributed by atoms with Crippen LogP contribution >= 0.6 is 15.9 Å². The summed E-state index contributed by atoms with van der Waals surface area (Å²) in [5, 5.41) is 23.1. The Bertz CT molecular complexity index is 1530. The quantitative estimate of drug-likeness (QED) is 0.0924. The fourth-order valence-corrected chi connectivity index (χ4v) is 4.00. The fourth-order valence-electron chi connectivity index (χ4n) is 3.49. The molecule has 1 amide bonds. The highest BCUT2D eigenvalue weighted by molar-refractivity contribution is 9.10. The highest BCUT2D eigenvalue weighted by atomic mass is 79.9. The van der Waals surface area contributed by atoms with Gasteiger partial charge in [0, 0.05) is 17.8 Å². The Labute approximate surface area is 233 Å². The van der Waals surface area contributed by atoms with Crippen molar-refractivity contribution in [3.8, 4) is 17.6 Å². The van der Waals surface area contributed by atoms with E-state index in [2.05, 4.69) is 21.2 Å². The van der Waals surface area contributed by atoms with Gasteiger partial charge in [0.15, 0.2) is 0 Å². The second kappa shape index (κ2) is 13.0. The van der Waals surface area contributed by atoms with Crippen LogP contribution in [0.2, 0.25) is 0 Å². The van der Waals surface area contributed by atoms with Gasteiger partial charge in [0.2, 0.25) is 0 Å². The summed E-state index contributed by atoms with van der Waals surface area (Å²) >= 11 is 3.45. The zero-order chi connectivity index (χ0) is 27.6. The van der Waals surface area contributed by atoms with Gasteiger partial charge in [-0.3, -0.25) is 14.9 Å². The van der Waals surface area contributed by atoms with Crippen molar-refractivity contribution >= 4 is 39.3 Å². The SMILES string of the molecule is N#C/C(=C\c1ccc(OCc2ccc([N+](=O)[O-])cc2)c(Br)c1)C(=O)Nc1ccc(OCc2ccccc2)cc1. The van der Waals surface area contributed by atoms with Gasteiger partial charge in [0.05, 0.1) is 9.40 Å². The van der Waals surface area contributed by atoms with Crippen molar-refractivity contribution in [3.63, 3.8) is 0 Å². The first-order valence-electron chi connectivity index (χ1n) is 11.8. The Kier molecular flexibility index (Phi) is 9.06. The summed E-state index contributed by atoms with van der Waals surface area (Å²) in [6.07, 6.45) is 1.48. The smallest absolute Gasteiger partial charge is 0.269 e. The molecule has 4 rings (SSSR count). The van der Waals surface area contributed by atoms with E-state index in [1.54, 1.807) is 54.6 Å². The van der Waals surface area contributed by atoms with Crippen LogP contribution in [-0.2, 0) is 18.0 Å². The minimum atomic E-state index is -0.537. The van der Waals surface area contributed by atoms with Gasteiger partial charge in [-0.1, -0.05) is 36.4 Å². The molecule has 8 nitrogen and oxygen atoms in total. The van der Waals surface area contributed by atoms with E-state index in [0.29, 0.717) is 33.8 Å². The summed E-state index contributed by atoms with van der Waals surface area (Å²) in [4.78, 5) is 23.0. The Morgan fingerprint density at radius 3 is 2.23 bits per heavy atom. The maximum absolute atomic E-state index is 12.7. The van der Waals surface area contributed by atoms with Crippen molar-refractivity contribution in [2.75, 3.05) is 5.32 Å². The Morgan fingerprint density at radius 2 is 1.59 bits per heavy atom. The Morgan fingerprint density at radius 1 is 0.923 bits per heavy atom. The van der Waals surface area contributed by atoms with Crippen LogP contribution in [0.1, 0.15) is 16.7 Å². The number of hydrogen-bond acceptors (Lipinski definition) is 6. The lowest BCUT2D eigenvalue weighted by molar-refractivity contribution is -0.384. The monoisotopic (exact) mass is 583 g/mol. The minimum Gasteiger partial charge on any atom is -0.489 e. The van der Waals surface area contributed by atoms with Crippen molar-refractivity contribution < 1.29 is 19.2 Å². The molecule has 0 radical (unpaired) electrons. The number of nitro benzene ring substituents is 1. The fraction of sp³-hybridized carbons (Fsp3) is 0.0667. The molecule has 0 saturated carbocycles. The van der Waals surface area contributed by atoms with Crippen molar-refractivity contribution in [2.24, 2.45) is 0 Å². The van der Waals surface area contributed by atoms with E-state index in [1.165, 1.54) is 18.2 Å². The number of benzene rings is 4. The van der Waals surface area contributed by atoms with Gasteiger partial charge in [-0.25, -0.2) is 0 Å². The van der Waals surface area contributed by atoms with E-state index in [0.717, 1.165) is 11.1 Å². The van der Waals surface area contributed by atoms with Crippen molar-refractivity contribution in [2.45, 2.75) is 13.2 Å². The van der Waals surface area contributed by atoms with E-state index in [9.17, 15) is 20.2 Å². The molecule has 9 heteroatoms. The maximum Gasteiger partial charge on any atom is 0.269 e. The molecule has 0 unspecified atom stereocenters. The average Bonchev–Trinajstić information content (AvgIpc) is 2.95. The second-order valence-electron chi connectivity index (χ2n) is 8.32. The zero-order valence-corrected chi connectivity index (χ0v) is 22.1. The molecule has 0 fully saturated rings. The number of amides is 1. The number of nitro groups is 1. The van der Waals surface area contributed by atoms with Gasteiger partial charge in [0.1, 0.15) is 36.4 Å². The van der Waals surface area contributed by atoms with E-state index in [-0.39, 0.29) is 17.9 Å². The summed E-state index contributed by atoms with van der Waals surface area (Å²) in [6, 6.07) is 29.9. The van der Waals surface area contributed by atoms with E-state index >= 15 is 0 Å². The molecule has 0 aromatic heterocycles. The lowest BCUT2D eigenvalue weighted by atomic mass is 10.1. The number of non-ortho nitro benzene ring substituents is 1. The average molecular weight is 584 g/mol. The number of ether oxygens (including phenoxy) is 2. The van der Waals surface area contributed by atoms with Crippen LogP contribution in [0.3, 0.4) is 0 Å². The summed E-state index contributed by atoms with van der Waals surface area (Å²) < 4.78 is 12.2. The molecule has 4 aromatic carbocycles. The molecule has 0 spiro atoms. The van der Waals surface area contributed by atoms with E-state index in [4.69, 9.17) is 9.47 Å². The molecule has 0 atom stereocenters. The van der Waals surface area contributed by atoms with Gasteiger partial charge in [0.25, 0.3) is 11.6 Å². The first-order chi connectivity index (χ1) is 18.9. The molecule has 4 aromatic rings. The van der Waals surface area contributed by atoms with Gasteiger partial charge < -0.3 is 14.8 Å². The van der Waals surface area contributed by atoms with Crippen LogP contribution in [0.25, 0.3) is 6.08 Å². The van der Waals surface area contributed by atoms with Crippen LogP contribution in [0, 0.1) is 21.4 Å². The van der Waals surface area contributed by atoms with Crippen molar-refractivity contribution in [3.05, 3.63) is 134 Å². The molecule has 0 bridgehead atoms. The molecule has 0 aliphatic rings. The first-order valence-corrected chi connectivity index (χ1v) is 12.6. The normalized spacial score (nSPS) is 10.8. The summed E-state index contributed by atoms with van der Waals surface area (Å²) in [5.41, 5.74) is 2.93. The maximum atomic E-state index is 12.7. The van der Waals surface area contributed by atoms with Gasteiger partial charge in [-0.2, -0.15) is 5.26 Å². The van der Waals surface area contributed by atoms with Crippen LogP contribution < -0.4 is 14.8 Å². The largest absolute Gasteiger partial charge is 0.489 e. The standard InChI is InChI=1S/C30H22BrN3O5/c31-28-17-23(8-15-29(28)39-20-22-6-11-26(12-7-22)34(36)37)16-24(18-32)30(35)33-25-9-13-27(14-10-25)38-19-21-4-2-1-3-5-21/h1-17H,19-20H2,(H,33,35)/b24-16+. The molecule has 0 aliphatic heterocycles. The summed E-state index contributed by atoms with van der Waals surface area (Å²) in [6.45, 7) is 0.651. The number of nitrogens with one attached hydrogen (secondary N) is 1. The Balaban J connectivity index is 1.34. The topological polar surface area (TPSA) is 114 Å². The third-order valence-corrected chi connectivity index (χ3v) is 6.15. The van der Waals surface area contributed by atoms with Crippen LogP contribution in [0.5, 0.6) is 11.5 Å². The molecule has 0 aliphatic carbocycles. The minimum absolute atomic E-state index is 0.0123. The molecule has 1 N–H and O–H groups in total. The van der Waals surface area contributed by atoms with Crippen LogP contribution in [0.4, 0.5) is 11.4 Å². The van der Waals surface area contributed by atoms with Crippen molar-refractivity contribution in [1.29, 1.82) is 5.26 Å². The van der Waals surface area contributed by atoms with Gasteiger partial charge in [-0.15, -0.1) is 0 Å². The number of rotatable bonds is 10. The predicted octanol–water partition coefficient (Wildman–Crippen LogP) is 7.06. The molecule has 194 valence electrons. The number of carbonyl (C=O) groups excluding carboxylic acids is 1. The number of anilines is 1. The lowest BCUT2D eigenvalue weighted by Crippen LogP contribution is -2.13. The second-order valence-corrected chi connectivity index (χ2v) is 9.18. The molecule has 39 heavy (non-hydrogen) atoms. The van der Waals surface area contributed by atoms with E-state index < -0.39 is 10.8 Å². The highest BCUT2D eigenvalue weighted by Crippen LogP contribution is 2.28.